The summed E-state index contributed by atoms with van der Waals surface area (Å²) in [5, 5.41) is 17.2. The van der Waals surface area contributed by atoms with Crippen LogP contribution in [0.5, 0.6) is 5.75 Å². The molecule has 0 spiro atoms. The summed E-state index contributed by atoms with van der Waals surface area (Å²) in [4.78, 5) is 4.06. The van der Waals surface area contributed by atoms with Crippen LogP contribution < -0.4 is 4.74 Å². The van der Waals surface area contributed by atoms with Gasteiger partial charge in [-0.25, -0.2) is 4.98 Å². The molecule has 0 saturated heterocycles. The van der Waals surface area contributed by atoms with Crippen LogP contribution in [-0.2, 0) is 6.54 Å². The van der Waals surface area contributed by atoms with Crippen LogP contribution >= 0.6 is 0 Å². The lowest BCUT2D eigenvalue weighted by atomic mass is 10.1. The maximum absolute atomic E-state index is 8.81. The molecule has 0 fully saturated rings. The van der Waals surface area contributed by atoms with Crippen molar-refractivity contribution < 1.29 is 4.74 Å². The van der Waals surface area contributed by atoms with Gasteiger partial charge in [0.05, 0.1) is 35.9 Å². The number of hydrogen-bond acceptors (Lipinski definition) is 5. The van der Waals surface area contributed by atoms with Gasteiger partial charge in [-0.05, 0) is 61.4 Å². The molecule has 0 radical (unpaired) electrons. The first-order valence-corrected chi connectivity index (χ1v) is 10.4. The third-order valence-corrected chi connectivity index (χ3v) is 4.75. The molecular weight excluding hydrogens is 374 g/mol. The van der Waals surface area contributed by atoms with Crippen molar-refractivity contribution in [1.82, 2.24) is 9.55 Å². The number of imidazole rings is 1. The first-order chi connectivity index (χ1) is 14.8. The van der Waals surface area contributed by atoms with Crippen LogP contribution in [0.3, 0.4) is 0 Å². The maximum Gasteiger partial charge on any atom is 0.119 e. The number of rotatable bonds is 12. The predicted molar refractivity (Wildman–Crippen MR) is 117 cm³/mol. The van der Waals surface area contributed by atoms with Gasteiger partial charge in [-0.15, -0.1) is 0 Å². The van der Waals surface area contributed by atoms with Gasteiger partial charge in [-0.2, -0.15) is 15.5 Å². The lowest BCUT2D eigenvalue weighted by Gasteiger charge is -2.06. The molecule has 154 valence electrons. The molecule has 6 heteroatoms. The average Bonchev–Trinajstić information content (AvgIpc) is 3.31. The van der Waals surface area contributed by atoms with E-state index in [2.05, 4.69) is 25.8 Å². The van der Waals surface area contributed by atoms with E-state index in [1.54, 1.807) is 24.3 Å². The minimum Gasteiger partial charge on any atom is -0.494 e. The fraction of sp³-hybridized carbons (Fsp3) is 0.333. The number of hydrogen-bond donors (Lipinski definition) is 0. The molecule has 6 nitrogen and oxygen atoms in total. The topological polar surface area (TPSA) is 75.6 Å². The molecule has 0 saturated carbocycles. The Morgan fingerprint density at radius 1 is 0.833 bits per heavy atom. The fourth-order valence-corrected chi connectivity index (χ4v) is 3.04. The molecule has 0 aliphatic rings. The highest BCUT2D eigenvalue weighted by molar-refractivity contribution is 5.44. The van der Waals surface area contributed by atoms with Gasteiger partial charge in [0, 0.05) is 18.9 Å². The Morgan fingerprint density at radius 2 is 1.47 bits per heavy atom. The summed E-state index contributed by atoms with van der Waals surface area (Å²) in [7, 11) is 0. The van der Waals surface area contributed by atoms with E-state index in [4.69, 9.17) is 10.00 Å². The van der Waals surface area contributed by atoms with Crippen LogP contribution in [-0.4, -0.2) is 16.2 Å². The molecule has 30 heavy (non-hydrogen) atoms. The standard InChI is InChI=1S/C24H27N5O/c25-19-21-7-9-22(10-8-21)27-28-23-11-13-24(14-12-23)30-18-6-4-2-1-3-5-16-29-17-15-26-20-29/h7-15,17,20H,1-6,16,18H2. The van der Waals surface area contributed by atoms with Crippen molar-refractivity contribution in [1.29, 1.82) is 5.26 Å². The molecule has 1 heterocycles. The van der Waals surface area contributed by atoms with Gasteiger partial charge >= 0.3 is 0 Å². The van der Waals surface area contributed by atoms with Gasteiger partial charge < -0.3 is 9.30 Å². The Hall–Kier alpha value is -3.46. The van der Waals surface area contributed by atoms with Gasteiger partial charge in [-0.3, -0.25) is 0 Å². The van der Waals surface area contributed by atoms with Crippen molar-refractivity contribution in [2.75, 3.05) is 6.61 Å². The molecule has 0 unspecified atom stereocenters. The van der Waals surface area contributed by atoms with Crippen molar-refractivity contribution in [2.45, 2.75) is 45.1 Å². The van der Waals surface area contributed by atoms with Crippen LogP contribution in [0.15, 0.2) is 77.5 Å². The highest BCUT2D eigenvalue weighted by atomic mass is 16.5. The first kappa shape index (κ1) is 21.3. The molecule has 0 amide bonds. The van der Waals surface area contributed by atoms with Crippen molar-refractivity contribution in [3.8, 4) is 11.8 Å². The molecule has 0 aliphatic carbocycles. The second kappa shape index (κ2) is 12.2. The van der Waals surface area contributed by atoms with E-state index in [9.17, 15) is 0 Å². The molecule has 0 N–H and O–H groups in total. The Kier molecular flexibility index (Phi) is 8.63. The van der Waals surface area contributed by atoms with Gasteiger partial charge in [0.1, 0.15) is 5.75 Å². The van der Waals surface area contributed by atoms with Crippen LogP contribution in [0.2, 0.25) is 0 Å². The van der Waals surface area contributed by atoms with Gasteiger partial charge in [0.2, 0.25) is 0 Å². The first-order valence-electron chi connectivity index (χ1n) is 10.4. The third kappa shape index (κ3) is 7.51. The monoisotopic (exact) mass is 401 g/mol. The summed E-state index contributed by atoms with van der Waals surface area (Å²) < 4.78 is 7.95. The van der Waals surface area contributed by atoms with Crippen molar-refractivity contribution >= 4 is 11.4 Å². The average molecular weight is 402 g/mol. The van der Waals surface area contributed by atoms with Crippen LogP contribution in [0.1, 0.15) is 44.1 Å². The van der Waals surface area contributed by atoms with Crippen LogP contribution in [0.25, 0.3) is 0 Å². The Balaban J connectivity index is 1.26. The maximum atomic E-state index is 8.81. The number of ether oxygens (including phenoxy) is 1. The van der Waals surface area contributed by atoms with Crippen molar-refractivity contribution in [3.05, 3.63) is 72.8 Å². The Morgan fingerprint density at radius 3 is 2.10 bits per heavy atom. The second-order valence-electron chi connectivity index (χ2n) is 7.12. The van der Waals surface area contributed by atoms with E-state index >= 15 is 0 Å². The number of nitrogens with zero attached hydrogens (tertiary/aromatic N) is 5. The predicted octanol–water partition coefficient (Wildman–Crippen LogP) is 6.59. The normalized spacial score (nSPS) is 10.9. The summed E-state index contributed by atoms with van der Waals surface area (Å²) in [5.74, 6) is 0.854. The largest absolute Gasteiger partial charge is 0.494 e. The van der Waals surface area contributed by atoms with E-state index in [-0.39, 0.29) is 0 Å². The lowest BCUT2D eigenvalue weighted by Crippen LogP contribution is -1.97. The van der Waals surface area contributed by atoms with E-state index in [1.807, 2.05) is 43.0 Å². The SMILES string of the molecule is N#Cc1ccc(N=Nc2ccc(OCCCCCCCCn3ccnc3)cc2)cc1. The summed E-state index contributed by atoms with van der Waals surface area (Å²) >= 11 is 0. The lowest BCUT2D eigenvalue weighted by molar-refractivity contribution is 0.304. The molecule has 3 rings (SSSR count). The quantitative estimate of drug-likeness (QED) is 0.254. The van der Waals surface area contributed by atoms with Crippen LogP contribution in [0.4, 0.5) is 11.4 Å². The van der Waals surface area contributed by atoms with Gasteiger partial charge in [0.25, 0.3) is 0 Å². The van der Waals surface area contributed by atoms with Gasteiger partial charge in [0.15, 0.2) is 0 Å². The Labute approximate surface area is 177 Å². The number of aromatic nitrogens is 2. The zero-order chi connectivity index (χ0) is 20.9. The number of nitriles is 1. The summed E-state index contributed by atoms with van der Waals surface area (Å²) in [5.41, 5.74) is 2.10. The zero-order valence-electron chi connectivity index (χ0n) is 17.2. The second-order valence-corrected chi connectivity index (χ2v) is 7.12. The van der Waals surface area contributed by atoms with E-state index in [0.29, 0.717) is 5.56 Å². The highest BCUT2D eigenvalue weighted by Gasteiger charge is 1.97. The van der Waals surface area contributed by atoms with Crippen LogP contribution in [0, 0.1) is 11.3 Å². The van der Waals surface area contributed by atoms with Gasteiger partial charge in [-0.1, -0.05) is 25.7 Å². The Bertz CT molecular complexity index is 925. The number of benzene rings is 2. The summed E-state index contributed by atoms with van der Waals surface area (Å²) in [6, 6.07) is 16.7. The molecule has 2 aromatic carbocycles. The minimum atomic E-state index is 0.612. The highest BCUT2D eigenvalue weighted by Crippen LogP contribution is 2.21. The third-order valence-electron chi connectivity index (χ3n) is 4.75. The molecular formula is C24H27N5O. The van der Waals surface area contributed by atoms with E-state index in [0.717, 1.165) is 36.7 Å². The molecule has 0 bridgehead atoms. The van der Waals surface area contributed by atoms with E-state index < -0.39 is 0 Å². The summed E-state index contributed by atoms with van der Waals surface area (Å²) in [6.45, 7) is 1.80. The van der Waals surface area contributed by atoms with Crippen molar-refractivity contribution in [2.24, 2.45) is 10.2 Å². The smallest absolute Gasteiger partial charge is 0.119 e. The number of unbranched alkanes of at least 4 members (excludes halogenated alkanes) is 5. The minimum absolute atomic E-state index is 0.612. The van der Waals surface area contributed by atoms with Crippen molar-refractivity contribution in [3.63, 3.8) is 0 Å². The molecule has 3 aromatic rings. The molecule has 1 aromatic heterocycles. The molecule has 0 aliphatic heterocycles. The number of azo groups is 1. The summed E-state index contributed by atoms with van der Waals surface area (Å²) in [6.07, 6.45) is 13.0. The molecule has 0 atom stereocenters. The number of aryl methyl sites for hydroxylation is 1. The van der Waals surface area contributed by atoms with E-state index in [1.165, 1.54) is 32.1 Å². The zero-order valence-corrected chi connectivity index (χ0v) is 17.2. The fourth-order valence-electron chi connectivity index (χ4n) is 3.04.